The van der Waals surface area contributed by atoms with Crippen molar-refractivity contribution in [3.05, 3.63) is 35.7 Å². The van der Waals surface area contributed by atoms with Crippen LogP contribution in [0.15, 0.2) is 28.8 Å². The number of carbonyl (C=O) groups is 1. The molecule has 1 aromatic carbocycles. The molecule has 1 aliphatic rings. The minimum atomic E-state index is -3.83. The van der Waals surface area contributed by atoms with Gasteiger partial charge < -0.3 is 18.3 Å². The van der Waals surface area contributed by atoms with Crippen molar-refractivity contribution in [1.82, 2.24) is 10.1 Å². The van der Waals surface area contributed by atoms with Crippen LogP contribution in [0, 0.1) is 0 Å². The van der Waals surface area contributed by atoms with Crippen LogP contribution < -0.4 is 0 Å². The molecule has 3 rings (SSSR count). The maximum Gasteiger partial charge on any atom is 0.345 e. The molecule has 34 heavy (non-hydrogen) atoms. The number of nitrogens with zero attached hydrogens (tertiary/aromatic N) is 2. The van der Waals surface area contributed by atoms with Gasteiger partial charge in [0.1, 0.15) is 5.60 Å². The highest BCUT2D eigenvalue weighted by Crippen LogP contribution is 2.55. The van der Waals surface area contributed by atoms with Crippen LogP contribution in [0.2, 0.25) is 0 Å². The van der Waals surface area contributed by atoms with Crippen LogP contribution >= 0.6 is 7.60 Å². The van der Waals surface area contributed by atoms with E-state index in [9.17, 15) is 9.36 Å². The summed E-state index contributed by atoms with van der Waals surface area (Å²) in [5.41, 5.74) is 0.512. The average molecular weight is 493 g/mol. The summed E-state index contributed by atoms with van der Waals surface area (Å²) in [5, 5.41) is 4.08. The lowest BCUT2D eigenvalue weighted by molar-refractivity contribution is -0.154. The highest BCUT2D eigenvalue weighted by molar-refractivity contribution is 7.55. The number of ether oxygens (including phenoxy) is 1. The molecule has 0 aliphatic heterocycles. The maximum atomic E-state index is 13.5. The molecule has 1 atom stereocenters. The zero-order valence-electron chi connectivity index (χ0n) is 21.1. The van der Waals surface area contributed by atoms with Gasteiger partial charge in [0.25, 0.3) is 0 Å². The molecule has 0 bridgehead atoms. The molecule has 0 radical (unpaired) electrons. The van der Waals surface area contributed by atoms with Gasteiger partial charge in [-0.3, -0.25) is 9.36 Å². The normalized spacial score (nSPS) is 16.3. The van der Waals surface area contributed by atoms with E-state index in [1.54, 1.807) is 34.6 Å². The molecular formula is C25H37N2O6P. The fourth-order valence-electron chi connectivity index (χ4n) is 4.18. The smallest absolute Gasteiger partial charge is 0.345 e. The third kappa shape index (κ3) is 6.35. The molecule has 8 nitrogen and oxygen atoms in total. The first kappa shape index (κ1) is 26.6. The molecule has 0 spiro atoms. The van der Waals surface area contributed by atoms with E-state index in [0.29, 0.717) is 11.2 Å². The Labute approximate surface area is 202 Å². The minimum Gasteiger partial charge on any atom is -0.459 e. The third-order valence-corrected chi connectivity index (χ3v) is 8.25. The Morgan fingerprint density at radius 1 is 1.12 bits per heavy atom. The van der Waals surface area contributed by atoms with Gasteiger partial charge in [0.05, 0.1) is 19.6 Å². The van der Waals surface area contributed by atoms with Crippen molar-refractivity contribution in [2.24, 2.45) is 0 Å². The molecule has 1 aliphatic carbocycles. The second kappa shape index (κ2) is 10.7. The van der Waals surface area contributed by atoms with E-state index in [1.807, 2.05) is 12.1 Å². The first-order valence-corrected chi connectivity index (χ1v) is 13.7. The Hall–Kier alpha value is -2.02. The highest BCUT2D eigenvalue weighted by Gasteiger charge is 2.45. The third-order valence-electron chi connectivity index (χ3n) is 5.85. The summed E-state index contributed by atoms with van der Waals surface area (Å²) in [4.78, 5) is 17.4. The van der Waals surface area contributed by atoms with E-state index in [2.05, 4.69) is 29.2 Å². The van der Waals surface area contributed by atoms with E-state index in [0.717, 1.165) is 5.56 Å². The zero-order valence-corrected chi connectivity index (χ0v) is 22.0. The zero-order chi connectivity index (χ0) is 25.0. The molecule has 1 fully saturated rings. The summed E-state index contributed by atoms with van der Waals surface area (Å²) in [5.74, 6) is -0.112. The lowest BCUT2D eigenvalue weighted by Gasteiger charge is -2.27. The molecule has 0 saturated heterocycles. The SMILES string of the molecule is CCCC1(c2ccc(-c3noc(CC(C(=O)OC(C)(C)C)P(=O)(OCC)OCC)n3)cc2)CC1. The van der Waals surface area contributed by atoms with Gasteiger partial charge in [0.15, 0.2) is 5.66 Å². The molecule has 1 saturated carbocycles. The van der Waals surface area contributed by atoms with Crippen molar-refractivity contribution in [2.75, 3.05) is 13.2 Å². The van der Waals surface area contributed by atoms with E-state index in [4.69, 9.17) is 18.3 Å². The number of rotatable bonds is 12. The average Bonchev–Trinajstić information content (AvgIpc) is 3.39. The number of carbonyl (C=O) groups excluding carboxylic acids is 1. The number of hydrogen-bond acceptors (Lipinski definition) is 8. The lowest BCUT2D eigenvalue weighted by atomic mass is 9.90. The largest absolute Gasteiger partial charge is 0.459 e. The molecule has 0 N–H and O–H groups in total. The fraction of sp³-hybridized carbons (Fsp3) is 0.640. The Kier molecular flexibility index (Phi) is 8.38. The molecule has 9 heteroatoms. The van der Waals surface area contributed by atoms with E-state index in [-0.39, 0.29) is 25.5 Å². The van der Waals surface area contributed by atoms with Crippen molar-refractivity contribution in [1.29, 1.82) is 0 Å². The van der Waals surface area contributed by atoms with E-state index >= 15 is 0 Å². The van der Waals surface area contributed by atoms with Crippen LogP contribution in [-0.2, 0) is 35.0 Å². The number of aromatic nitrogens is 2. The van der Waals surface area contributed by atoms with Crippen LogP contribution in [0.1, 0.15) is 78.7 Å². The van der Waals surface area contributed by atoms with Crippen LogP contribution in [0.5, 0.6) is 0 Å². The lowest BCUT2D eigenvalue weighted by Crippen LogP contribution is -2.34. The van der Waals surface area contributed by atoms with E-state index < -0.39 is 24.8 Å². The summed E-state index contributed by atoms with van der Waals surface area (Å²) in [6.45, 7) is 11.1. The molecule has 1 unspecified atom stereocenters. The van der Waals surface area contributed by atoms with Crippen LogP contribution in [0.25, 0.3) is 11.4 Å². The number of hydrogen-bond donors (Lipinski definition) is 0. The summed E-state index contributed by atoms with van der Waals surface area (Å²) in [6, 6.07) is 8.26. The van der Waals surface area contributed by atoms with Crippen molar-refractivity contribution < 1.29 is 27.7 Å². The first-order valence-electron chi connectivity index (χ1n) is 12.1. The predicted octanol–water partition coefficient (Wildman–Crippen LogP) is 6.09. The second-order valence-electron chi connectivity index (χ2n) is 9.75. The van der Waals surface area contributed by atoms with Gasteiger partial charge in [-0.15, -0.1) is 0 Å². The van der Waals surface area contributed by atoms with Crippen molar-refractivity contribution in [3.63, 3.8) is 0 Å². The van der Waals surface area contributed by atoms with E-state index in [1.165, 1.54) is 31.2 Å². The van der Waals surface area contributed by atoms with Crippen LogP contribution in [0.4, 0.5) is 0 Å². The second-order valence-corrected chi connectivity index (χ2v) is 12.0. The predicted molar refractivity (Wildman–Crippen MR) is 130 cm³/mol. The van der Waals surface area contributed by atoms with Gasteiger partial charge in [0.2, 0.25) is 11.7 Å². The molecule has 1 aromatic heterocycles. The fourth-order valence-corrected chi connectivity index (χ4v) is 6.02. The van der Waals surface area contributed by atoms with Crippen molar-refractivity contribution in [2.45, 2.75) is 90.3 Å². The quantitative estimate of drug-likeness (QED) is 0.259. The highest BCUT2D eigenvalue weighted by atomic mass is 31.2. The number of esters is 1. The molecular weight excluding hydrogens is 455 g/mol. The molecule has 2 aromatic rings. The van der Waals surface area contributed by atoms with Gasteiger partial charge in [-0.25, -0.2) is 0 Å². The van der Waals surface area contributed by atoms with Crippen molar-refractivity contribution >= 4 is 13.6 Å². The Morgan fingerprint density at radius 3 is 2.24 bits per heavy atom. The minimum absolute atomic E-state index is 0.114. The molecule has 1 heterocycles. The first-order chi connectivity index (χ1) is 16.1. The van der Waals surface area contributed by atoms with Gasteiger partial charge in [-0.05, 0) is 64.9 Å². The molecule has 0 amide bonds. The maximum absolute atomic E-state index is 13.5. The monoisotopic (exact) mass is 492 g/mol. The Morgan fingerprint density at radius 2 is 1.74 bits per heavy atom. The summed E-state index contributed by atoms with van der Waals surface area (Å²) >= 11 is 0. The standard InChI is InChI=1S/C25H37N2O6P/c1-7-14-25(15-16-25)19-12-10-18(11-13-19)22-26-21(33-27-22)17-20(23(28)32-24(4,5)6)34(29,30-8-2)31-9-3/h10-13,20H,7-9,14-17H2,1-6H3. The number of benzene rings is 1. The molecule has 188 valence electrons. The van der Waals surface area contributed by atoms with Crippen LogP contribution in [-0.4, -0.2) is 40.6 Å². The summed E-state index contributed by atoms with van der Waals surface area (Å²) in [7, 11) is -3.83. The summed E-state index contributed by atoms with van der Waals surface area (Å²) in [6.07, 6.45) is 4.72. The van der Waals surface area contributed by atoms with Crippen LogP contribution in [0.3, 0.4) is 0 Å². The Bertz CT molecular complexity index is 997. The summed E-state index contributed by atoms with van der Waals surface area (Å²) < 4.78 is 35.3. The van der Waals surface area contributed by atoms with Gasteiger partial charge in [-0.2, -0.15) is 4.98 Å². The van der Waals surface area contributed by atoms with Gasteiger partial charge in [0, 0.05) is 5.56 Å². The Balaban J connectivity index is 1.82. The van der Waals surface area contributed by atoms with Crippen molar-refractivity contribution in [3.8, 4) is 11.4 Å². The van der Waals surface area contributed by atoms with Gasteiger partial charge in [-0.1, -0.05) is 42.8 Å². The van der Waals surface area contributed by atoms with Gasteiger partial charge >= 0.3 is 13.6 Å². The topological polar surface area (TPSA) is 101 Å².